The van der Waals surface area contributed by atoms with Crippen LogP contribution in [0.25, 0.3) is 0 Å². The summed E-state index contributed by atoms with van der Waals surface area (Å²) in [6, 6.07) is -5.91. The van der Waals surface area contributed by atoms with E-state index in [1.54, 1.807) is 6.92 Å². The Hall–Kier alpha value is -7.03. The number of aliphatic carboxylic acids is 4. The maximum atomic E-state index is 12.5. The van der Waals surface area contributed by atoms with Gasteiger partial charge in [-0.3, -0.25) is 47.9 Å². The van der Waals surface area contributed by atoms with Crippen LogP contribution in [0.4, 0.5) is 0 Å². The second-order valence-electron chi connectivity index (χ2n) is 21.8. The van der Waals surface area contributed by atoms with Crippen molar-refractivity contribution in [1.29, 1.82) is 0 Å². The van der Waals surface area contributed by atoms with E-state index in [2.05, 4.69) is 47.8 Å². The average molecular weight is 1300 g/mol. The van der Waals surface area contributed by atoms with Gasteiger partial charge in [-0.2, -0.15) is 0 Å². The van der Waals surface area contributed by atoms with Crippen LogP contribution in [0.15, 0.2) is 0 Å². The Morgan fingerprint density at radius 2 is 0.714 bits per heavy atom. The molecule has 0 aliphatic carbocycles. The van der Waals surface area contributed by atoms with Gasteiger partial charge in [-0.25, -0.2) is 14.4 Å². The van der Waals surface area contributed by atoms with Crippen LogP contribution in [0.2, 0.25) is 0 Å². The molecule has 91 heavy (non-hydrogen) atoms. The first-order valence-electron chi connectivity index (χ1n) is 31.8. The molecule has 0 spiro atoms. The topological polar surface area (TPSA) is 474 Å². The standard InChI is InChI=1S/C59H103BN10O21/c1-2-42(55(61)80)69-56(81)43(70-60)20-17-18-30-62-48(72)27-24-45(58(84)85)67-51(75)29-26-46(59(86)87)68-53(77)41-91-39-37-89-35-33-65-52(76)40-90-38-36-88-34-32-64-49(73)28-25-44(57(82)83)66-50(74)22-19-31-63-47(71)21-15-13-11-9-7-5-3-4-6-8-10-12-14-16-23-54(78)79/h42-46,70H,2-41H2,1H3,(H2,61,80)(H,62,72)(H,63,71)(H,64,73)(H,65,76)(H,66,74)(H,67,75)(H,68,77)(H,69,81)(H,78,79)(H,82,83)(H,84,85)(H,86,87)/t42-,43-,44-,45-,46-/m0/s1. The van der Waals surface area contributed by atoms with E-state index in [0.29, 0.717) is 32.1 Å². The highest BCUT2D eigenvalue weighted by Crippen LogP contribution is 2.14. The van der Waals surface area contributed by atoms with Crippen molar-refractivity contribution in [2.45, 2.75) is 217 Å². The van der Waals surface area contributed by atoms with Crippen molar-refractivity contribution in [3.63, 3.8) is 0 Å². The summed E-state index contributed by atoms with van der Waals surface area (Å²) < 4.78 is 21.2. The van der Waals surface area contributed by atoms with Crippen LogP contribution in [-0.2, 0) is 81.3 Å². The molecule has 31 nitrogen and oxygen atoms in total. The lowest BCUT2D eigenvalue weighted by Gasteiger charge is -2.20. The van der Waals surface area contributed by atoms with Gasteiger partial charge in [0.25, 0.3) is 0 Å². The van der Waals surface area contributed by atoms with Crippen LogP contribution in [0.3, 0.4) is 0 Å². The second-order valence-corrected chi connectivity index (χ2v) is 21.8. The third-order valence-corrected chi connectivity index (χ3v) is 14.0. The molecule has 5 atom stereocenters. The fourth-order valence-electron chi connectivity index (χ4n) is 8.78. The molecule has 2 radical (unpaired) electrons. The Balaban J connectivity index is 4.03. The normalized spacial score (nSPS) is 12.6. The van der Waals surface area contributed by atoms with E-state index in [9.17, 15) is 77.6 Å². The van der Waals surface area contributed by atoms with Crippen molar-refractivity contribution in [1.82, 2.24) is 47.8 Å². The summed E-state index contributed by atoms with van der Waals surface area (Å²) >= 11 is 0. The minimum absolute atomic E-state index is 0.00533. The number of nitrogens with one attached hydrogen (secondary N) is 9. The summed E-state index contributed by atoms with van der Waals surface area (Å²) in [6.45, 7) is 1.87. The molecule has 0 rings (SSSR count). The molecule has 0 bridgehead atoms. The van der Waals surface area contributed by atoms with E-state index in [-0.39, 0.29) is 123 Å². The lowest BCUT2D eigenvalue weighted by molar-refractivity contribution is -0.144. The molecule has 0 aliphatic heterocycles. The van der Waals surface area contributed by atoms with E-state index in [1.165, 1.54) is 44.9 Å². The Morgan fingerprint density at radius 3 is 1.15 bits per heavy atom. The van der Waals surface area contributed by atoms with Crippen LogP contribution in [-0.4, -0.2) is 215 Å². The number of hydrogen-bond donors (Lipinski definition) is 14. The van der Waals surface area contributed by atoms with E-state index >= 15 is 0 Å². The van der Waals surface area contributed by atoms with E-state index < -0.39 is 121 Å². The van der Waals surface area contributed by atoms with Crippen LogP contribution < -0.4 is 53.5 Å². The third-order valence-electron chi connectivity index (χ3n) is 14.0. The number of amides is 9. The van der Waals surface area contributed by atoms with E-state index in [0.717, 1.165) is 44.9 Å². The molecule has 9 amide bonds. The maximum absolute atomic E-state index is 12.5. The largest absolute Gasteiger partial charge is 0.481 e. The zero-order valence-electron chi connectivity index (χ0n) is 53.1. The smallest absolute Gasteiger partial charge is 0.326 e. The molecule has 0 aromatic rings. The van der Waals surface area contributed by atoms with Crippen molar-refractivity contribution >= 4 is 85.0 Å². The zero-order valence-corrected chi connectivity index (χ0v) is 53.1. The molecule has 518 valence electrons. The first kappa shape index (κ1) is 84.0. The number of rotatable bonds is 62. The first-order chi connectivity index (χ1) is 43.6. The van der Waals surface area contributed by atoms with Crippen molar-refractivity contribution in [3.8, 4) is 0 Å². The number of unbranched alkanes of at least 4 members (excludes halogenated alkanes) is 14. The number of primary amides is 1. The van der Waals surface area contributed by atoms with Gasteiger partial charge in [0, 0.05) is 64.7 Å². The summed E-state index contributed by atoms with van der Waals surface area (Å²) in [4.78, 5) is 156. The molecule has 0 unspecified atom stereocenters. The minimum atomic E-state index is -1.52. The van der Waals surface area contributed by atoms with Crippen molar-refractivity contribution < 1.29 is 102 Å². The summed E-state index contributed by atoms with van der Waals surface area (Å²) in [7, 11) is 5.46. The van der Waals surface area contributed by atoms with Gasteiger partial charge in [0.15, 0.2) is 7.98 Å². The SMILES string of the molecule is [B]N[C@@H](CCCCNC(=O)CC[C@H](NC(=O)CC[C@H](NC(=O)COCCOCCNC(=O)COCCOCCNC(=O)CC[C@H](NC(=O)CCCNC(=O)CCCCCCCCCCCCCCCCC(=O)O)C(=O)O)C(=O)O)C(=O)O)C(=O)N[C@@H](CC)C(N)=O. The summed E-state index contributed by atoms with van der Waals surface area (Å²) in [5, 5.41) is 59.8. The quantitative estimate of drug-likeness (QED) is 0.0287. The molecular formula is C59H103BN10O21. The summed E-state index contributed by atoms with van der Waals surface area (Å²) in [6.07, 6.45) is 16.0. The second kappa shape index (κ2) is 55.8. The zero-order chi connectivity index (χ0) is 67.9. The number of carbonyl (C=O) groups is 13. The number of ether oxygens (including phenoxy) is 4. The number of carboxylic acid groups (broad SMARTS) is 4. The van der Waals surface area contributed by atoms with Gasteiger partial charge >= 0.3 is 23.9 Å². The average Bonchev–Trinajstić information content (AvgIpc) is 3.47. The monoisotopic (exact) mass is 1300 g/mol. The van der Waals surface area contributed by atoms with Gasteiger partial charge in [-0.15, -0.1) is 0 Å². The highest BCUT2D eigenvalue weighted by Gasteiger charge is 2.26. The molecule has 0 saturated carbocycles. The molecule has 15 N–H and O–H groups in total. The number of hydrogen-bond acceptors (Lipinski definition) is 18. The maximum Gasteiger partial charge on any atom is 0.326 e. The summed E-state index contributed by atoms with van der Waals surface area (Å²) in [5.41, 5.74) is 5.25. The van der Waals surface area contributed by atoms with Gasteiger partial charge in [0.2, 0.25) is 53.2 Å². The molecule has 0 aromatic heterocycles. The molecule has 0 saturated heterocycles. The number of carbonyl (C=O) groups excluding carboxylic acids is 9. The Bertz CT molecular complexity index is 2170. The van der Waals surface area contributed by atoms with Crippen LogP contribution in [0, 0.1) is 0 Å². The Labute approximate surface area is 534 Å². The highest BCUT2D eigenvalue weighted by molar-refractivity contribution is 6.07. The summed E-state index contributed by atoms with van der Waals surface area (Å²) in [5.74, 6) is -9.70. The minimum Gasteiger partial charge on any atom is -0.481 e. The van der Waals surface area contributed by atoms with Gasteiger partial charge < -0.3 is 92.9 Å². The Morgan fingerprint density at radius 1 is 0.352 bits per heavy atom. The van der Waals surface area contributed by atoms with Crippen molar-refractivity contribution in [2.75, 3.05) is 79.0 Å². The predicted octanol–water partition coefficient (Wildman–Crippen LogP) is 0.265. The molecule has 0 aliphatic rings. The Kier molecular flexibility index (Phi) is 51.5. The molecule has 0 aromatic carbocycles. The van der Waals surface area contributed by atoms with Gasteiger partial charge in [-0.1, -0.05) is 84.0 Å². The number of nitrogens with two attached hydrogens (primary N) is 1. The van der Waals surface area contributed by atoms with Crippen molar-refractivity contribution in [2.24, 2.45) is 5.73 Å². The van der Waals surface area contributed by atoms with Crippen LogP contribution >= 0.6 is 0 Å². The van der Waals surface area contributed by atoms with Gasteiger partial charge in [-0.05, 0) is 64.2 Å². The van der Waals surface area contributed by atoms with Gasteiger partial charge in [0.05, 0.1) is 45.7 Å². The lowest BCUT2D eigenvalue weighted by atomic mass is 10.0. The first-order valence-corrected chi connectivity index (χ1v) is 31.8. The van der Waals surface area contributed by atoms with E-state index in [1.807, 2.05) is 0 Å². The fourth-order valence-corrected chi connectivity index (χ4v) is 8.78. The highest BCUT2D eigenvalue weighted by atomic mass is 16.5. The van der Waals surface area contributed by atoms with Gasteiger partial charge in [0.1, 0.15) is 37.4 Å². The van der Waals surface area contributed by atoms with Crippen LogP contribution in [0.5, 0.6) is 0 Å². The molecule has 32 heteroatoms. The lowest BCUT2D eigenvalue weighted by Crippen LogP contribution is -2.51. The number of carboxylic acids is 4. The van der Waals surface area contributed by atoms with Crippen LogP contribution in [0.1, 0.15) is 187 Å². The third kappa shape index (κ3) is 50.3. The molecule has 0 fully saturated rings. The molecular weight excluding hydrogens is 1200 g/mol. The molecule has 0 heterocycles. The fraction of sp³-hybridized carbons (Fsp3) is 0.780. The predicted molar refractivity (Wildman–Crippen MR) is 330 cm³/mol. The van der Waals surface area contributed by atoms with E-state index in [4.69, 9.17) is 37.8 Å². The van der Waals surface area contributed by atoms with Crippen molar-refractivity contribution in [3.05, 3.63) is 0 Å².